The summed E-state index contributed by atoms with van der Waals surface area (Å²) in [5.41, 5.74) is -0.197. The molecule has 4 rings (SSSR count). The van der Waals surface area contributed by atoms with Gasteiger partial charge in [0.2, 0.25) is 5.91 Å². The number of hydrogen-bond acceptors (Lipinski definition) is 4. The molecule has 0 bridgehead atoms. The maximum Gasteiger partial charge on any atom is 0.320 e. The molecule has 27 heavy (non-hydrogen) atoms. The van der Waals surface area contributed by atoms with Crippen molar-refractivity contribution < 1.29 is 14.7 Å². The van der Waals surface area contributed by atoms with E-state index in [1.54, 1.807) is 6.20 Å². The molecule has 1 saturated carbocycles. The molecule has 1 unspecified atom stereocenters. The predicted octanol–water partition coefficient (Wildman–Crippen LogP) is 1.84. The van der Waals surface area contributed by atoms with Crippen LogP contribution in [-0.4, -0.2) is 68.8 Å². The minimum atomic E-state index is -0.699. The fourth-order valence-electron chi connectivity index (χ4n) is 5.09. The Labute approximate surface area is 160 Å². The SMILES string of the molecule is CCCN1CC2(CCN(C(=O)C3(Cn4cccn4)CC3)CC2)CC1C(=O)O. The molecule has 148 valence electrons. The van der Waals surface area contributed by atoms with Crippen molar-refractivity contribution in [3.8, 4) is 0 Å². The molecule has 3 heterocycles. The van der Waals surface area contributed by atoms with Gasteiger partial charge in [0.1, 0.15) is 6.04 Å². The molecular formula is C20H30N4O3. The molecule has 1 atom stereocenters. The number of aliphatic carboxylic acids is 1. The van der Waals surface area contributed by atoms with Crippen LogP contribution < -0.4 is 0 Å². The lowest BCUT2D eigenvalue weighted by atomic mass is 9.76. The van der Waals surface area contributed by atoms with Gasteiger partial charge in [-0.1, -0.05) is 6.92 Å². The van der Waals surface area contributed by atoms with Crippen LogP contribution in [0.2, 0.25) is 0 Å². The van der Waals surface area contributed by atoms with Crippen LogP contribution in [0.5, 0.6) is 0 Å². The second kappa shape index (κ2) is 6.93. The van der Waals surface area contributed by atoms with Gasteiger partial charge in [-0.3, -0.25) is 19.2 Å². The van der Waals surface area contributed by atoms with Crippen molar-refractivity contribution in [3.63, 3.8) is 0 Å². The van der Waals surface area contributed by atoms with Gasteiger partial charge in [0.25, 0.3) is 0 Å². The Hall–Kier alpha value is -1.89. The van der Waals surface area contributed by atoms with Crippen molar-refractivity contribution in [1.29, 1.82) is 0 Å². The van der Waals surface area contributed by atoms with Gasteiger partial charge < -0.3 is 10.0 Å². The minimum absolute atomic E-state index is 0.0632. The number of carbonyl (C=O) groups excluding carboxylic acids is 1. The third-order valence-corrected chi connectivity index (χ3v) is 6.84. The molecule has 3 aliphatic rings. The van der Waals surface area contributed by atoms with Crippen molar-refractivity contribution >= 4 is 11.9 Å². The molecule has 2 saturated heterocycles. The summed E-state index contributed by atoms with van der Waals surface area (Å²) < 4.78 is 1.87. The monoisotopic (exact) mass is 374 g/mol. The number of amides is 1. The summed E-state index contributed by atoms with van der Waals surface area (Å²) >= 11 is 0. The van der Waals surface area contributed by atoms with E-state index in [0.717, 1.165) is 64.7 Å². The standard InChI is InChI=1S/C20H30N4O3/c1-2-9-23-14-19(13-16(23)17(25)26)6-11-22(12-7-19)18(27)20(4-5-20)15-24-10-3-8-21-24/h3,8,10,16H,2,4-7,9,11-15H2,1H3,(H,25,26). The Bertz CT molecular complexity index is 690. The first-order chi connectivity index (χ1) is 13.0. The number of aromatic nitrogens is 2. The first-order valence-corrected chi connectivity index (χ1v) is 10.2. The molecule has 1 aliphatic carbocycles. The van der Waals surface area contributed by atoms with Gasteiger partial charge >= 0.3 is 5.97 Å². The number of carboxylic acid groups (broad SMARTS) is 1. The Kier molecular flexibility index (Phi) is 4.74. The summed E-state index contributed by atoms with van der Waals surface area (Å²) in [6, 6.07) is 1.54. The third kappa shape index (κ3) is 3.49. The van der Waals surface area contributed by atoms with Crippen molar-refractivity contribution in [2.45, 2.75) is 58.0 Å². The summed E-state index contributed by atoms with van der Waals surface area (Å²) in [6.07, 6.45) is 9.10. The van der Waals surface area contributed by atoms with Crippen LogP contribution >= 0.6 is 0 Å². The molecule has 1 amide bonds. The maximum absolute atomic E-state index is 13.1. The van der Waals surface area contributed by atoms with Gasteiger partial charge in [0.15, 0.2) is 0 Å². The highest BCUT2D eigenvalue weighted by Gasteiger charge is 2.54. The van der Waals surface area contributed by atoms with Crippen LogP contribution in [0.1, 0.15) is 45.4 Å². The number of piperidine rings is 1. The molecule has 3 fully saturated rings. The zero-order valence-corrected chi connectivity index (χ0v) is 16.1. The zero-order chi connectivity index (χ0) is 19.1. The van der Waals surface area contributed by atoms with Gasteiger partial charge in [0.05, 0.1) is 12.0 Å². The highest BCUT2D eigenvalue weighted by atomic mass is 16.4. The number of likely N-dealkylation sites (tertiary alicyclic amines) is 2. The van der Waals surface area contributed by atoms with Crippen LogP contribution in [-0.2, 0) is 16.1 Å². The third-order valence-electron chi connectivity index (χ3n) is 6.84. The van der Waals surface area contributed by atoms with E-state index in [9.17, 15) is 14.7 Å². The molecule has 1 spiro atoms. The first kappa shape index (κ1) is 18.5. The van der Waals surface area contributed by atoms with Gasteiger partial charge in [0, 0.05) is 32.0 Å². The number of rotatable bonds is 6. The van der Waals surface area contributed by atoms with E-state index in [4.69, 9.17) is 0 Å². The Morgan fingerprint density at radius 3 is 2.52 bits per heavy atom. The second-order valence-electron chi connectivity index (χ2n) is 8.80. The molecule has 7 heteroatoms. The van der Waals surface area contributed by atoms with E-state index < -0.39 is 5.97 Å². The number of hydrogen-bond donors (Lipinski definition) is 1. The fraction of sp³-hybridized carbons (Fsp3) is 0.750. The summed E-state index contributed by atoms with van der Waals surface area (Å²) in [4.78, 5) is 29.0. The summed E-state index contributed by atoms with van der Waals surface area (Å²) in [5.74, 6) is -0.430. The van der Waals surface area contributed by atoms with E-state index in [0.29, 0.717) is 6.54 Å². The van der Waals surface area contributed by atoms with E-state index in [-0.39, 0.29) is 22.8 Å². The molecule has 1 aromatic heterocycles. The second-order valence-corrected chi connectivity index (χ2v) is 8.80. The lowest BCUT2D eigenvalue weighted by Gasteiger charge is -2.40. The van der Waals surface area contributed by atoms with E-state index in [1.807, 2.05) is 21.8 Å². The highest BCUT2D eigenvalue weighted by molar-refractivity contribution is 5.85. The predicted molar refractivity (Wildman–Crippen MR) is 100 cm³/mol. The maximum atomic E-state index is 13.1. The van der Waals surface area contributed by atoms with Gasteiger partial charge in [-0.2, -0.15) is 5.10 Å². The van der Waals surface area contributed by atoms with Gasteiger partial charge in [-0.05, 0) is 56.6 Å². The molecule has 1 N–H and O–H groups in total. The molecule has 2 aliphatic heterocycles. The molecular weight excluding hydrogens is 344 g/mol. The highest BCUT2D eigenvalue weighted by Crippen LogP contribution is 2.50. The smallest absolute Gasteiger partial charge is 0.320 e. The minimum Gasteiger partial charge on any atom is -0.480 e. The number of carboxylic acids is 1. The number of nitrogens with zero attached hydrogens (tertiary/aromatic N) is 4. The Morgan fingerprint density at radius 2 is 1.96 bits per heavy atom. The Morgan fingerprint density at radius 1 is 1.22 bits per heavy atom. The van der Waals surface area contributed by atoms with Crippen molar-refractivity contribution in [2.75, 3.05) is 26.2 Å². The van der Waals surface area contributed by atoms with Crippen molar-refractivity contribution in [1.82, 2.24) is 19.6 Å². The van der Waals surface area contributed by atoms with Crippen LogP contribution in [0.25, 0.3) is 0 Å². The lowest BCUT2D eigenvalue weighted by molar-refractivity contribution is -0.143. The quantitative estimate of drug-likeness (QED) is 0.822. The molecule has 0 radical (unpaired) electrons. The molecule has 7 nitrogen and oxygen atoms in total. The number of carbonyl (C=O) groups is 2. The zero-order valence-electron chi connectivity index (χ0n) is 16.1. The van der Waals surface area contributed by atoms with Gasteiger partial charge in [-0.25, -0.2) is 0 Å². The largest absolute Gasteiger partial charge is 0.480 e. The fourth-order valence-corrected chi connectivity index (χ4v) is 5.09. The Balaban J connectivity index is 1.37. The topological polar surface area (TPSA) is 78.7 Å². The van der Waals surface area contributed by atoms with E-state index >= 15 is 0 Å². The van der Waals surface area contributed by atoms with E-state index in [2.05, 4.69) is 16.9 Å². The summed E-state index contributed by atoms with van der Waals surface area (Å²) in [5, 5.41) is 13.8. The van der Waals surface area contributed by atoms with Crippen LogP contribution in [0, 0.1) is 10.8 Å². The van der Waals surface area contributed by atoms with Crippen molar-refractivity contribution in [3.05, 3.63) is 18.5 Å². The van der Waals surface area contributed by atoms with Crippen LogP contribution in [0.15, 0.2) is 18.5 Å². The van der Waals surface area contributed by atoms with Crippen LogP contribution in [0.3, 0.4) is 0 Å². The van der Waals surface area contributed by atoms with Crippen molar-refractivity contribution in [2.24, 2.45) is 10.8 Å². The molecule has 1 aromatic rings. The normalized spacial score (nSPS) is 26.4. The van der Waals surface area contributed by atoms with E-state index in [1.165, 1.54) is 0 Å². The average molecular weight is 374 g/mol. The van der Waals surface area contributed by atoms with Crippen LogP contribution in [0.4, 0.5) is 0 Å². The first-order valence-electron chi connectivity index (χ1n) is 10.2. The lowest BCUT2D eigenvalue weighted by Crippen LogP contribution is -2.47. The average Bonchev–Trinajstić information content (AvgIpc) is 3.08. The molecule has 0 aromatic carbocycles. The van der Waals surface area contributed by atoms with Gasteiger partial charge in [-0.15, -0.1) is 0 Å². The summed E-state index contributed by atoms with van der Waals surface area (Å²) in [7, 11) is 0. The summed E-state index contributed by atoms with van der Waals surface area (Å²) in [6.45, 7) is 5.98.